The molecular formula is C24H29F3N6. The molecule has 2 N–H and O–H groups in total. The first-order valence-electron chi connectivity index (χ1n) is 12.1. The third kappa shape index (κ3) is 2.87. The van der Waals surface area contributed by atoms with E-state index in [1.54, 1.807) is 0 Å². The van der Waals surface area contributed by atoms with Crippen LogP contribution in [-0.4, -0.2) is 63.6 Å². The largest absolute Gasteiger partial charge is 0.419 e. The molecule has 9 heteroatoms. The van der Waals surface area contributed by atoms with Crippen LogP contribution in [-0.2, 0) is 18.1 Å². The summed E-state index contributed by atoms with van der Waals surface area (Å²) in [4.78, 5) is 13.8. The summed E-state index contributed by atoms with van der Waals surface area (Å²) < 4.78 is 42.6. The van der Waals surface area contributed by atoms with Gasteiger partial charge in [-0.15, -0.1) is 0 Å². The van der Waals surface area contributed by atoms with Crippen LogP contribution in [0.2, 0.25) is 0 Å². The van der Waals surface area contributed by atoms with Gasteiger partial charge >= 0.3 is 6.18 Å². The van der Waals surface area contributed by atoms with E-state index in [1.165, 1.54) is 25.5 Å². The van der Waals surface area contributed by atoms with Gasteiger partial charge in [0.2, 0.25) is 0 Å². The van der Waals surface area contributed by atoms with Crippen molar-refractivity contribution in [2.45, 2.75) is 43.4 Å². The van der Waals surface area contributed by atoms with Crippen LogP contribution in [0, 0.1) is 23.7 Å². The number of imidazole rings is 1. The van der Waals surface area contributed by atoms with Crippen LogP contribution >= 0.6 is 0 Å². The number of nitrogens with two attached hydrogens (primary N) is 1. The smallest absolute Gasteiger partial charge is 0.383 e. The normalized spacial score (nSPS) is 35.6. The Morgan fingerprint density at radius 3 is 2.58 bits per heavy atom. The molecule has 5 aliphatic carbocycles. The number of alkyl halides is 3. The highest BCUT2D eigenvalue weighted by Gasteiger charge is 2.93. The molecular weight excluding hydrogens is 429 g/mol. The van der Waals surface area contributed by atoms with Crippen LogP contribution in [0.1, 0.15) is 30.7 Å². The molecule has 8 rings (SSSR count). The molecule has 2 aromatic heterocycles. The highest BCUT2D eigenvalue weighted by atomic mass is 19.4. The Hall–Kier alpha value is -2.13. The Morgan fingerprint density at radius 1 is 1.15 bits per heavy atom. The Morgan fingerprint density at radius 2 is 1.91 bits per heavy atom. The SMILES string of the molecule is CN1CCN(C2C[C@@H]3[C@@H]4C2[C@@]34n2cc(-c3cnc(N)c(C(F)(F)F)c3)nc2CC2CC2)CC1. The summed E-state index contributed by atoms with van der Waals surface area (Å²) in [5.74, 6) is 3.31. The molecule has 5 saturated carbocycles. The molecule has 33 heavy (non-hydrogen) atoms. The highest BCUT2D eigenvalue weighted by molar-refractivity contribution is 5.63. The molecule has 2 unspecified atom stereocenters. The molecule has 0 radical (unpaired) electrons. The monoisotopic (exact) mass is 458 g/mol. The van der Waals surface area contributed by atoms with Crippen molar-refractivity contribution < 1.29 is 13.2 Å². The molecule has 0 amide bonds. The fraction of sp³-hybridized carbons (Fsp3) is 0.667. The summed E-state index contributed by atoms with van der Waals surface area (Å²) in [6, 6.07) is 1.75. The minimum Gasteiger partial charge on any atom is -0.383 e. The van der Waals surface area contributed by atoms with E-state index in [0.29, 0.717) is 35.1 Å². The van der Waals surface area contributed by atoms with E-state index in [4.69, 9.17) is 10.7 Å². The van der Waals surface area contributed by atoms with E-state index in [0.717, 1.165) is 50.4 Å². The van der Waals surface area contributed by atoms with Crippen LogP contribution < -0.4 is 5.73 Å². The van der Waals surface area contributed by atoms with Gasteiger partial charge in [-0.25, -0.2) is 9.97 Å². The summed E-state index contributed by atoms with van der Waals surface area (Å²) in [7, 11) is 2.19. The third-order valence-electron chi connectivity index (χ3n) is 9.06. The average molecular weight is 459 g/mol. The zero-order valence-corrected chi connectivity index (χ0v) is 18.7. The second-order valence-corrected chi connectivity index (χ2v) is 10.9. The molecule has 176 valence electrons. The Balaban J connectivity index is 1.21. The summed E-state index contributed by atoms with van der Waals surface area (Å²) in [5, 5.41) is 0. The molecule has 3 heterocycles. The zero-order valence-electron chi connectivity index (χ0n) is 18.7. The Kier molecular flexibility index (Phi) is 3.99. The van der Waals surface area contributed by atoms with Gasteiger partial charge in [0.1, 0.15) is 11.6 Å². The number of rotatable bonds is 5. The minimum absolute atomic E-state index is 0.164. The maximum atomic E-state index is 13.4. The summed E-state index contributed by atoms with van der Waals surface area (Å²) in [6.45, 7) is 4.52. The van der Waals surface area contributed by atoms with Gasteiger partial charge in [0.05, 0.1) is 16.8 Å². The van der Waals surface area contributed by atoms with Gasteiger partial charge in [0.15, 0.2) is 0 Å². The van der Waals surface area contributed by atoms with Crippen molar-refractivity contribution in [1.82, 2.24) is 24.3 Å². The molecule has 6 nitrogen and oxygen atoms in total. The maximum Gasteiger partial charge on any atom is 0.419 e. The number of pyridine rings is 1. The lowest BCUT2D eigenvalue weighted by atomic mass is 10.1. The van der Waals surface area contributed by atoms with E-state index >= 15 is 0 Å². The number of hydrogen-bond donors (Lipinski definition) is 1. The van der Waals surface area contributed by atoms with Gasteiger partial charge in [-0.2, -0.15) is 13.2 Å². The maximum absolute atomic E-state index is 13.4. The second kappa shape index (κ2) is 6.50. The van der Waals surface area contributed by atoms with E-state index in [1.807, 2.05) is 6.20 Å². The lowest BCUT2D eigenvalue weighted by Crippen LogP contribution is -2.49. The highest BCUT2D eigenvalue weighted by Crippen LogP contribution is 2.89. The van der Waals surface area contributed by atoms with Crippen molar-refractivity contribution in [3.05, 3.63) is 29.8 Å². The lowest BCUT2D eigenvalue weighted by Gasteiger charge is -2.36. The molecule has 0 spiro atoms. The predicted octanol–water partition coefficient (Wildman–Crippen LogP) is 3.09. The first-order valence-corrected chi connectivity index (χ1v) is 12.1. The van der Waals surface area contributed by atoms with Crippen molar-refractivity contribution in [1.29, 1.82) is 0 Å². The molecule has 6 aliphatic rings. The van der Waals surface area contributed by atoms with E-state index < -0.39 is 17.6 Å². The standard InChI is InChI=1S/C24H29F3N6/c1-31-4-6-32(7-5-31)18-10-15-20-21(18)23(15,20)33-12-17(30-19(33)8-13-2-3-13)14-9-16(24(25,26)27)22(28)29-11-14/h9,11-13,15,18,20-21H,2-8,10H2,1H3,(H2,28,29)/t15-,18?,20-,21?,23-/m1/s1. The van der Waals surface area contributed by atoms with E-state index in [9.17, 15) is 13.2 Å². The quantitative estimate of drug-likeness (QED) is 0.746. The van der Waals surface area contributed by atoms with Crippen LogP contribution in [0.15, 0.2) is 18.5 Å². The molecule has 0 aromatic carbocycles. The van der Waals surface area contributed by atoms with Crippen molar-refractivity contribution in [2.24, 2.45) is 23.7 Å². The molecule has 2 bridgehead atoms. The minimum atomic E-state index is -4.53. The number of piperazine rings is 1. The molecule has 6 fully saturated rings. The number of nitrogens with zero attached hydrogens (tertiary/aromatic N) is 5. The first-order chi connectivity index (χ1) is 15.8. The molecule has 5 atom stereocenters. The number of hydrogen-bond acceptors (Lipinski definition) is 5. The zero-order chi connectivity index (χ0) is 22.7. The van der Waals surface area contributed by atoms with Gasteiger partial charge in [-0.3, -0.25) is 4.90 Å². The molecule has 1 saturated heterocycles. The van der Waals surface area contributed by atoms with Gasteiger partial charge in [0.25, 0.3) is 0 Å². The van der Waals surface area contributed by atoms with Crippen molar-refractivity contribution >= 4 is 5.82 Å². The summed E-state index contributed by atoms with van der Waals surface area (Å²) in [6.07, 6.45) is 3.52. The van der Waals surface area contributed by atoms with Crippen molar-refractivity contribution in [3.8, 4) is 11.3 Å². The van der Waals surface area contributed by atoms with E-state index in [2.05, 4.69) is 26.4 Å². The van der Waals surface area contributed by atoms with Crippen LogP contribution in [0.3, 0.4) is 0 Å². The first kappa shape index (κ1) is 20.3. The number of fused-ring (bicyclic) bond motifs is 1. The number of likely N-dealkylation sites (N-methyl/N-ethyl adjacent to an activating group) is 1. The van der Waals surface area contributed by atoms with E-state index in [-0.39, 0.29) is 5.54 Å². The second-order valence-electron chi connectivity index (χ2n) is 10.9. The Labute approximate surface area is 191 Å². The van der Waals surface area contributed by atoms with Gasteiger partial charge in [-0.05, 0) is 50.1 Å². The van der Waals surface area contributed by atoms with Gasteiger partial charge < -0.3 is 15.2 Å². The van der Waals surface area contributed by atoms with Crippen molar-refractivity contribution in [2.75, 3.05) is 39.0 Å². The fourth-order valence-corrected chi connectivity index (χ4v) is 7.10. The summed E-state index contributed by atoms with van der Waals surface area (Å²) in [5.41, 5.74) is 5.78. The summed E-state index contributed by atoms with van der Waals surface area (Å²) >= 11 is 0. The third-order valence-corrected chi connectivity index (χ3v) is 9.06. The van der Waals surface area contributed by atoms with Crippen LogP contribution in [0.5, 0.6) is 0 Å². The van der Waals surface area contributed by atoms with Crippen LogP contribution in [0.4, 0.5) is 19.0 Å². The molecule has 2 aromatic rings. The fourth-order valence-electron chi connectivity index (χ4n) is 7.10. The number of halogens is 3. The number of aromatic nitrogens is 3. The molecule has 1 aliphatic heterocycles. The lowest BCUT2D eigenvalue weighted by molar-refractivity contribution is -0.137. The van der Waals surface area contributed by atoms with Gasteiger partial charge in [-0.1, -0.05) is 0 Å². The van der Waals surface area contributed by atoms with Gasteiger partial charge in [0, 0.05) is 62.5 Å². The average Bonchev–Trinajstić information content (AvgIpc) is 3.69. The number of anilines is 1. The topological polar surface area (TPSA) is 63.2 Å². The Bertz CT molecular complexity index is 1110. The number of nitrogen functional groups attached to an aromatic ring is 1. The van der Waals surface area contributed by atoms with Crippen LogP contribution in [0.25, 0.3) is 11.3 Å². The predicted molar refractivity (Wildman–Crippen MR) is 117 cm³/mol. The van der Waals surface area contributed by atoms with Crippen molar-refractivity contribution in [3.63, 3.8) is 0 Å².